The van der Waals surface area contributed by atoms with Gasteiger partial charge in [-0.15, -0.1) is 11.3 Å². The first-order chi connectivity index (χ1) is 10.7. The van der Waals surface area contributed by atoms with Crippen molar-refractivity contribution in [2.45, 2.75) is 0 Å². The molecule has 1 aliphatic heterocycles. The van der Waals surface area contributed by atoms with Gasteiger partial charge in [0, 0.05) is 6.08 Å². The van der Waals surface area contributed by atoms with Gasteiger partial charge in [0.05, 0.1) is 4.88 Å². The van der Waals surface area contributed by atoms with Gasteiger partial charge in [-0.1, -0.05) is 12.1 Å². The lowest BCUT2D eigenvalue weighted by atomic mass is 10.2. The Labute approximate surface area is 130 Å². The molecule has 0 aliphatic carbocycles. The number of rotatable bonds is 5. The van der Waals surface area contributed by atoms with Gasteiger partial charge >= 0.3 is 5.97 Å². The summed E-state index contributed by atoms with van der Waals surface area (Å²) < 4.78 is 15.4. The van der Waals surface area contributed by atoms with E-state index in [4.69, 9.17) is 14.2 Å². The number of fused-ring (bicyclic) bond motifs is 1. The Kier molecular flexibility index (Phi) is 4.20. The van der Waals surface area contributed by atoms with Crippen molar-refractivity contribution in [3.8, 4) is 11.5 Å². The maximum Gasteiger partial charge on any atom is 0.331 e. The monoisotopic (exact) mass is 316 g/mol. The van der Waals surface area contributed by atoms with Crippen molar-refractivity contribution in [1.82, 2.24) is 0 Å². The zero-order valence-electron chi connectivity index (χ0n) is 11.5. The highest BCUT2D eigenvalue weighted by atomic mass is 32.1. The van der Waals surface area contributed by atoms with Gasteiger partial charge in [0.1, 0.15) is 0 Å². The van der Waals surface area contributed by atoms with Crippen LogP contribution in [0, 0.1) is 0 Å². The summed E-state index contributed by atoms with van der Waals surface area (Å²) in [6.45, 7) is -0.0554. The molecule has 0 radical (unpaired) electrons. The quantitative estimate of drug-likeness (QED) is 0.482. The molecule has 0 fully saturated rings. The van der Waals surface area contributed by atoms with E-state index in [1.165, 1.54) is 17.4 Å². The molecule has 112 valence electrons. The van der Waals surface area contributed by atoms with Crippen LogP contribution in [0.15, 0.2) is 41.8 Å². The number of carbonyl (C=O) groups excluding carboxylic acids is 2. The number of ketones is 1. The lowest BCUT2D eigenvalue weighted by Crippen LogP contribution is -2.11. The number of hydrogen-bond acceptors (Lipinski definition) is 6. The van der Waals surface area contributed by atoms with Crippen molar-refractivity contribution in [3.05, 3.63) is 52.2 Å². The van der Waals surface area contributed by atoms with E-state index < -0.39 is 5.97 Å². The van der Waals surface area contributed by atoms with Crippen LogP contribution in [0.5, 0.6) is 11.5 Å². The van der Waals surface area contributed by atoms with Crippen molar-refractivity contribution >= 4 is 29.2 Å². The average Bonchev–Trinajstić information content (AvgIpc) is 3.20. The molecule has 22 heavy (non-hydrogen) atoms. The molecule has 0 atom stereocenters. The van der Waals surface area contributed by atoms with E-state index in [2.05, 4.69) is 0 Å². The number of thiophene rings is 1. The molecule has 2 aromatic rings. The molecule has 0 N–H and O–H groups in total. The van der Waals surface area contributed by atoms with Crippen molar-refractivity contribution in [1.29, 1.82) is 0 Å². The van der Waals surface area contributed by atoms with Crippen LogP contribution in [-0.2, 0) is 9.53 Å². The molecular weight excluding hydrogens is 304 g/mol. The van der Waals surface area contributed by atoms with Crippen LogP contribution in [0.4, 0.5) is 0 Å². The van der Waals surface area contributed by atoms with Gasteiger partial charge in [-0.25, -0.2) is 4.79 Å². The van der Waals surface area contributed by atoms with Crippen LogP contribution in [0.25, 0.3) is 6.08 Å². The first kappa shape index (κ1) is 14.3. The second-order valence-corrected chi connectivity index (χ2v) is 5.40. The van der Waals surface area contributed by atoms with E-state index in [1.54, 1.807) is 41.8 Å². The summed E-state index contributed by atoms with van der Waals surface area (Å²) in [5.74, 6) is 0.548. The lowest BCUT2D eigenvalue weighted by Gasteiger charge is -2.00. The minimum absolute atomic E-state index is 0.204. The second kappa shape index (κ2) is 6.44. The second-order valence-electron chi connectivity index (χ2n) is 4.45. The number of esters is 1. The maximum absolute atomic E-state index is 11.7. The molecule has 0 saturated heterocycles. The minimum atomic E-state index is -0.567. The number of Topliss-reactive ketones (excluding diaryl/α,β-unsaturated/α-hetero) is 1. The van der Waals surface area contributed by atoms with E-state index in [9.17, 15) is 9.59 Å². The fraction of sp³-hybridized carbons (Fsp3) is 0.125. The topological polar surface area (TPSA) is 61.8 Å². The van der Waals surface area contributed by atoms with E-state index in [-0.39, 0.29) is 19.2 Å². The van der Waals surface area contributed by atoms with Gasteiger partial charge in [-0.2, -0.15) is 0 Å². The molecule has 1 aliphatic rings. The summed E-state index contributed by atoms with van der Waals surface area (Å²) in [7, 11) is 0. The Balaban J connectivity index is 1.54. The van der Waals surface area contributed by atoms with Crippen molar-refractivity contribution in [3.63, 3.8) is 0 Å². The number of carbonyl (C=O) groups is 2. The highest BCUT2D eigenvalue weighted by Gasteiger charge is 2.12. The summed E-state index contributed by atoms with van der Waals surface area (Å²) in [5, 5.41) is 1.80. The van der Waals surface area contributed by atoms with Crippen LogP contribution < -0.4 is 9.47 Å². The van der Waals surface area contributed by atoms with Crippen LogP contribution >= 0.6 is 11.3 Å². The summed E-state index contributed by atoms with van der Waals surface area (Å²) >= 11 is 1.32. The largest absolute Gasteiger partial charge is 0.454 e. The fourth-order valence-electron chi connectivity index (χ4n) is 1.87. The Morgan fingerprint density at radius 2 is 2.09 bits per heavy atom. The van der Waals surface area contributed by atoms with Gasteiger partial charge in [0.25, 0.3) is 0 Å². The standard InChI is InChI=1S/C16H12O5S/c17-12(15-2-1-7-22-15)9-19-16(18)6-4-11-3-5-13-14(8-11)21-10-20-13/h1-8H,9-10H2/b6-4+. The van der Waals surface area contributed by atoms with E-state index >= 15 is 0 Å². The summed E-state index contributed by atoms with van der Waals surface area (Å²) in [6.07, 6.45) is 2.87. The zero-order valence-corrected chi connectivity index (χ0v) is 12.3. The smallest absolute Gasteiger partial charge is 0.331 e. The molecule has 1 aromatic carbocycles. The van der Waals surface area contributed by atoms with E-state index in [0.717, 1.165) is 5.56 Å². The van der Waals surface area contributed by atoms with E-state index in [0.29, 0.717) is 16.4 Å². The molecule has 2 heterocycles. The Bertz CT molecular complexity index is 718. The third-order valence-electron chi connectivity index (χ3n) is 2.95. The predicted molar refractivity (Wildman–Crippen MR) is 81.2 cm³/mol. The van der Waals surface area contributed by atoms with Gasteiger partial charge < -0.3 is 14.2 Å². The van der Waals surface area contributed by atoms with Gasteiger partial charge in [0.2, 0.25) is 12.6 Å². The maximum atomic E-state index is 11.7. The molecule has 0 spiro atoms. The van der Waals surface area contributed by atoms with E-state index in [1.807, 2.05) is 0 Å². The number of ether oxygens (including phenoxy) is 3. The Morgan fingerprint density at radius 3 is 2.91 bits per heavy atom. The van der Waals surface area contributed by atoms with Crippen LogP contribution in [-0.4, -0.2) is 25.2 Å². The Morgan fingerprint density at radius 1 is 1.23 bits per heavy atom. The molecule has 0 amide bonds. The first-order valence-corrected chi connectivity index (χ1v) is 7.41. The molecule has 0 unspecified atom stereocenters. The zero-order chi connectivity index (χ0) is 15.4. The molecular formula is C16H12O5S. The predicted octanol–water partition coefficient (Wildman–Crippen LogP) is 2.92. The molecule has 6 heteroatoms. The highest BCUT2D eigenvalue weighted by molar-refractivity contribution is 7.12. The summed E-state index contributed by atoms with van der Waals surface area (Å²) in [5.41, 5.74) is 0.783. The Hall–Kier alpha value is -2.60. The van der Waals surface area contributed by atoms with Crippen molar-refractivity contribution in [2.75, 3.05) is 13.4 Å². The lowest BCUT2D eigenvalue weighted by molar-refractivity contribution is -0.136. The van der Waals surface area contributed by atoms with Crippen LogP contribution in [0.1, 0.15) is 15.2 Å². The summed E-state index contributed by atoms with van der Waals surface area (Å²) in [6, 6.07) is 8.81. The fourth-order valence-corrected chi connectivity index (χ4v) is 2.53. The van der Waals surface area contributed by atoms with Gasteiger partial charge in [-0.3, -0.25) is 4.79 Å². The van der Waals surface area contributed by atoms with Gasteiger partial charge in [0.15, 0.2) is 18.1 Å². The average molecular weight is 316 g/mol. The molecule has 3 rings (SSSR count). The highest BCUT2D eigenvalue weighted by Crippen LogP contribution is 2.32. The normalized spacial score (nSPS) is 12.5. The summed E-state index contributed by atoms with van der Waals surface area (Å²) in [4.78, 5) is 23.9. The number of benzene rings is 1. The van der Waals surface area contributed by atoms with Crippen LogP contribution in [0.3, 0.4) is 0 Å². The minimum Gasteiger partial charge on any atom is -0.454 e. The third-order valence-corrected chi connectivity index (χ3v) is 3.86. The molecule has 5 nitrogen and oxygen atoms in total. The molecule has 0 bridgehead atoms. The third kappa shape index (κ3) is 3.35. The number of hydrogen-bond donors (Lipinski definition) is 0. The molecule has 0 saturated carbocycles. The van der Waals surface area contributed by atoms with Crippen molar-refractivity contribution < 1.29 is 23.8 Å². The van der Waals surface area contributed by atoms with Crippen molar-refractivity contribution in [2.24, 2.45) is 0 Å². The van der Waals surface area contributed by atoms with Gasteiger partial charge in [-0.05, 0) is 35.2 Å². The SMILES string of the molecule is O=C(/C=C/c1ccc2c(c1)OCO2)OCC(=O)c1cccs1. The first-order valence-electron chi connectivity index (χ1n) is 6.53. The van der Waals surface area contributed by atoms with Crippen LogP contribution in [0.2, 0.25) is 0 Å². The molecule has 1 aromatic heterocycles.